The lowest BCUT2D eigenvalue weighted by atomic mass is 9.97. The van der Waals surface area contributed by atoms with Gasteiger partial charge in [0.15, 0.2) is 6.04 Å². The number of carbonyl (C=O) groups is 1. The summed E-state index contributed by atoms with van der Waals surface area (Å²) in [5.74, 6) is -1.10. The van der Waals surface area contributed by atoms with Crippen molar-refractivity contribution in [1.82, 2.24) is 0 Å². The van der Waals surface area contributed by atoms with Crippen molar-refractivity contribution in [3.8, 4) is 0 Å². The lowest BCUT2D eigenvalue weighted by molar-refractivity contribution is -0.149. The Balaban J connectivity index is 3.24. The Labute approximate surface area is 117 Å². The van der Waals surface area contributed by atoms with Crippen LogP contribution in [-0.2, 0) is 15.7 Å². The normalized spacial score (nSPS) is 14.0. The Kier molecular flexibility index (Phi) is 5.57. The van der Waals surface area contributed by atoms with Gasteiger partial charge >= 0.3 is 12.1 Å². The van der Waals surface area contributed by atoms with Gasteiger partial charge in [-0.3, -0.25) is 4.79 Å². The van der Waals surface area contributed by atoms with E-state index in [9.17, 15) is 23.1 Å². The number of esters is 1. The van der Waals surface area contributed by atoms with E-state index in [-0.39, 0.29) is 6.61 Å². The molecule has 21 heavy (non-hydrogen) atoms. The summed E-state index contributed by atoms with van der Waals surface area (Å²) < 4.78 is 43.2. The summed E-state index contributed by atoms with van der Waals surface area (Å²) in [6.07, 6.45) is -6.68. The first-order chi connectivity index (χ1) is 9.82. The van der Waals surface area contributed by atoms with E-state index in [0.29, 0.717) is 0 Å². The van der Waals surface area contributed by atoms with Crippen LogP contribution in [0, 0.1) is 0 Å². The number of aliphatic hydroxyl groups excluding tert-OH is 1. The highest BCUT2D eigenvalue weighted by atomic mass is 19.4. The van der Waals surface area contributed by atoms with Crippen molar-refractivity contribution >= 4 is 5.97 Å². The van der Waals surface area contributed by atoms with Crippen LogP contribution in [0.3, 0.4) is 0 Å². The molecule has 2 unspecified atom stereocenters. The number of hydrogen-bond donors (Lipinski definition) is 1. The second kappa shape index (κ2) is 6.96. The summed E-state index contributed by atoms with van der Waals surface area (Å²) in [7, 11) is 0. The van der Waals surface area contributed by atoms with Gasteiger partial charge in [0.05, 0.1) is 18.3 Å². The predicted octanol–water partition coefficient (Wildman–Crippen LogP) is 2.98. The van der Waals surface area contributed by atoms with Gasteiger partial charge in [0.2, 0.25) is 0 Å². The van der Waals surface area contributed by atoms with E-state index in [0.717, 1.165) is 18.2 Å². The van der Waals surface area contributed by atoms with Crippen LogP contribution in [0.2, 0.25) is 0 Å². The Hall–Kier alpha value is -2.25. The molecule has 0 aromatic heterocycles. The highest BCUT2D eigenvalue weighted by Gasteiger charge is 2.38. The zero-order valence-corrected chi connectivity index (χ0v) is 10.9. The van der Waals surface area contributed by atoms with Crippen molar-refractivity contribution in [3.05, 3.63) is 45.8 Å². The van der Waals surface area contributed by atoms with Gasteiger partial charge < -0.3 is 9.84 Å². The quantitative estimate of drug-likeness (QED) is 0.392. The number of rotatable bonds is 5. The molecule has 0 radical (unpaired) electrons. The van der Waals surface area contributed by atoms with Gasteiger partial charge in [-0.05, 0) is 24.1 Å². The largest absolute Gasteiger partial charge is 0.466 e. The highest BCUT2D eigenvalue weighted by molar-refractivity contribution is 5.77. The van der Waals surface area contributed by atoms with E-state index in [4.69, 9.17) is 5.53 Å². The molecule has 9 heteroatoms. The van der Waals surface area contributed by atoms with Crippen molar-refractivity contribution in [2.75, 3.05) is 6.61 Å². The van der Waals surface area contributed by atoms with Crippen LogP contribution in [-0.4, -0.2) is 23.7 Å². The number of azide groups is 1. The third-order valence-corrected chi connectivity index (χ3v) is 2.59. The fourth-order valence-corrected chi connectivity index (χ4v) is 1.71. The number of benzene rings is 1. The Morgan fingerprint density at radius 3 is 2.62 bits per heavy atom. The zero-order chi connectivity index (χ0) is 16.0. The van der Waals surface area contributed by atoms with E-state index in [2.05, 4.69) is 14.8 Å². The summed E-state index contributed by atoms with van der Waals surface area (Å²) in [4.78, 5) is 13.9. The van der Waals surface area contributed by atoms with Crippen LogP contribution in [0.25, 0.3) is 10.4 Å². The second-order valence-electron chi connectivity index (χ2n) is 3.93. The van der Waals surface area contributed by atoms with Crippen LogP contribution in [0.15, 0.2) is 29.4 Å². The van der Waals surface area contributed by atoms with Crippen molar-refractivity contribution in [2.45, 2.75) is 25.2 Å². The number of ether oxygens (including phenoxy) is 1. The molecule has 0 aliphatic carbocycles. The number of carbonyl (C=O) groups excluding carboxylic acids is 1. The molecule has 6 nitrogen and oxygen atoms in total. The van der Waals surface area contributed by atoms with Gasteiger partial charge in [-0.2, -0.15) is 13.2 Å². The molecule has 1 rings (SSSR count). The van der Waals surface area contributed by atoms with Crippen LogP contribution < -0.4 is 0 Å². The number of aliphatic hydroxyl groups is 1. The SMILES string of the molecule is CCOC(=O)C(N=[N+]=[N-])C(O)c1ccccc1C(F)(F)F. The topological polar surface area (TPSA) is 95.3 Å². The van der Waals surface area contributed by atoms with Crippen molar-refractivity contribution < 1.29 is 27.8 Å². The molecule has 0 saturated heterocycles. The monoisotopic (exact) mass is 303 g/mol. The van der Waals surface area contributed by atoms with E-state index in [1.165, 1.54) is 13.0 Å². The third kappa shape index (κ3) is 4.11. The molecule has 0 aliphatic rings. The molecule has 0 fully saturated rings. The fourth-order valence-electron chi connectivity index (χ4n) is 1.71. The van der Waals surface area contributed by atoms with Gasteiger partial charge in [-0.25, -0.2) is 0 Å². The number of nitrogens with zero attached hydrogens (tertiary/aromatic N) is 3. The minimum Gasteiger partial charge on any atom is -0.466 e. The van der Waals surface area contributed by atoms with Gasteiger partial charge in [-0.1, -0.05) is 23.3 Å². The molecule has 1 aromatic rings. The minimum absolute atomic E-state index is 0.0656. The molecule has 1 aromatic carbocycles. The van der Waals surface area contributed by atoms with Gasteiger partial charge in [0, 0.05) is 4.91 Å². The highest BCUT2D eigenvalue weighted by Crippen LogP contribution is 2.36. The van der Waals surface area contributed by atoms with Gasteiger partial charge in [-0.15, -0.1) is 0 Å². The first-order valence-electron chi connectivity index (χ1n) is 5.88. The molecule has 2 atom stereocenters. The average molecular weight is 303 g/mol. The second-order valence-corrected chi connectivity index (χ2v) is 3.93. The van der Waals surface area contributed by atoms with Crippen LogP contribution in [0.4, 0.5) is 13.2 Å². The standard InChI is InChI=1S/C12H12F3N3O3/c1-2-21-11(20)9(17-18-16)10(19)7-5-3-4-6-8(7)12(13,14)15/h3-6,9-10,19H,2H2,1H3. The Morgan fingerprint density at radius 2 is 2.10 bits per heavy atom. The number of hydrogen-bond acceptors (Lipinski definition) is 4. The molecule has 0 amide bonds. The maximum Gasteiger partial charge on any atom is 0.416 e. The minimum atomic E-state index is -4.72. The summed E-state index contributed by atoms with van der Waals surface area (Å²) in [5.41, 5.74) is 6.73. The first kappa shape index (κ1) is 16.8. The zero-order valence-electron chi connectivity index (χ0n) is 10.9. The first-order valence-corrected chi connectivity index (χ1v) is 5.88. The van der Waals surface area contributed by atoms with Crippen molar-refractivity contribution in [2.24, 2.45) is 5.11 Å². The maximum atomic E-state index is 12.9. The van der Waals surface area contributed by atoms with E-state index in [1.54, 1.807) is 0 Å². The van der Waals surface area contributed by atoms with Crippen LogP contribution >= 0.6 is 0 Å². The fraction of sp³-hybridized carbons (Fsp3) is 0.417. The Bertz CT molecular complexity index is 556. The predicted molar refractivity (Wildman–Crippen MR) is 66.0 cm³/mol. The molecule has 114 valence electrons. The number of alkyl halides is 3. The molecule has 0 saturated carbocycles. The van der Waals surface area contributed by atoms with E-state index >= 15 is 0 Å². The molecule has 0 heterocycles. The maximum absolute atomic E-state index is 12.9. The van der Waals surface area contributed by atoms with E-state index < -0.39 is 35.4 Å². The Morgan fingerprint density at radius 1 is 1.48 bits per heavy atom. The molecular formula is C12H12F3N3O3. The van der Waals surface area contributed by atoms with Crippen molar-refractivity contribution in [1.29, 1.82) is 0 Å². The summed E-state index contributed by atoms with van der Waals surface area (Å²) in [6.45, 7) is 1.41. The van der Waals surface area contributed by atoms with Crippen LogP contribution in [0.5, 0.6) is 0 Å². The molecule has 0 aliphatic heterocycles. The van der Waals surface area contributed by atoms with Crippen molar-refractivity contribution in [3.63, 3.8) is 0 Å². The third-order valence-electron chi connectivity index (χ3n) is 2.59. The lowest BCUT2D eigenvalue weighted by Gasteiger charge is -2.21. The summed E-state index contributed by atoms with van der Waals surface area (Å²) in [6, 6.07) is 2.39. The van der Waals surface area contributed by atoms with Gasteiger partial charge in [0.25, 0.3) is 0 Å². The van der Waals surface area contributed by atoms with Crippen LogP contribution in [0.1, 0.15) is 24.2 Å². The molecule has 0 spiro atoms. The average Bonchev–Trinajstić information content (AvgIpc) is 2.43. The molecule has 1 N–H and O–H groups in total. The molecule has 0 bridgehead atoms. The van der Waals surface area contributed by atoms with E-state index in [1.807, 2.05) is 0 Å². The molecular weight excluding hydrogens is 291 g/mol. The number of halogens is 3. The van der Waals surface area contributed by atoms with Gasteiger partial charge in [0.1, 0.15) is 0 Å². The lowest BCUT2D eigenvalue weighted by Crippen LogP contribution is -2.29. The summed E-state index contributed by atoms with van der Waals surface area (Å²) in [5, 5.41) is 13.0. The smallest absolute Gasteiger partial charge is 0.416 e. The summed E-state index contributed by atoms with van der Waals surface area (Å²) >= 11 is 0.